The van der Waals surface area contributed by atoms with Crippen molar-refractivity contribution in [2.45, 2.75) is 25.8 Å². The predicted octanol–water partition coefficient (Wildman–Crippen LogP) is -0.416. The predicted molar refractivity (Wildman–Crippen MR) is 50.7 cm³/mol. The number of rotatable bonds is 0. The SMILES string of the molecule is CC1(C)CNCC[C@]12NC(=O)NC2=O. The average Bonchev–Trinajstić information content (AvgIpc) is 2.35. The Balaban J connectivity index is 2.37. The highest BCUT2D eigenvalue weighted by atomic mass is 16.2. The molecule has 0 radical (unpaired) electrons. The van der Waals surface area contributed by atoms with Crippen molar-refractivity contribution in [3.8, 4) is 0 Å². The van der Waals surface area contributed by atoms with E-state index < -0.39 is 5.54 Å². The lowest BCUT2D eigenvalue weighted by Gasteiger charge is -2.45. The summed E-state index contributed by atoms with van der Waals surface area (Å²) >= 11 is 0. The second-order valence-electron chi connectivity index (χ2n) is 4.62. The largest absolute Gasteiger partial charge is 0.323 e. The second-order valence-corrected chi connectivity index (χ2v) is 4.62. The van der Waals surface area contributed by atoms with Gasteiger partial charge in [-0.05, 0) is 13.0 Å². The summed E-state index contributed by atoms with van der Waals surface area (Å²) in [6.07, 6.45) is 0.650. The molecule has 5 heteroatoms. The maximum absolute atomic E-state index is 11.8. The van der Waals surface area contributed by atoms with E-state index in [2.05, 4.69) is 16.0 Å². The van der Waals surface area contributed by atoms with E-state index in [1.54, 1.807) is 0 Å². The first kappa shape index (κ1) is 9.45. The fraction of sp³-hybridized carbons (Fsp3) is 0.778. The van der Waals surface area contributed by atoms with Crippen molar-refractivity contribution < 1.29 is 9.59 Å². The maximum Gasteiger partial charge on any atom is 0.322 e. The number of imide groups is 1. The van der Waals surface area contributed by atoms with Crippen LogP contribution < -0.4 is 16.0 Å². The van der Waals surface area contributed by atoms with Crippen LogP contribution in [0, 0.1) is 5.41 Å². The molecule has 2 aliphatic heterocycles. The zero-order valence-electron chi connectivity index (χ0n) is 8.44. The molecule has 0 aromatic heterocycles. The van der Waals surface area contributed by atoms with E-state index in [0.29, 0.717) is 6.42 Å². The Bertz CT molecular complexity index is 300. The van der Waals surface area contributed by atoms with Crippen LogP contribution >= 0.6 is 0 Å². The van der Waals surface area contributed by atoms with E-state index in [1.165, 1.54) is 0 Å². The highest BCUT2D eigenvalue weighted by molar-refractivity contribution is 6.07. The van der Waals surface area contributed by atoms with Crippen molar-refractivity contribution in [1.29, 1.82) is 0 Å². The number of carbonyl (C=O) groups excluding carboxylic acids is 2. The first-order valence-corrected chi connectivity index (χ1v) is 4.82. The summed E-state index contributed by atoms with van der Waals surface area (Å²) in [6.45, 7) is 5.48. The topological polar surface area (TPSA) is 70.2 Å². The molecule has 2 aliphatic rings. The molecule has 2 fully saturated rings. The lowest BCUT2D eigenvalue weighted by Crippen LogP contribution is -2.65. The standard InChI is InChI=1S/C9H15N3O2/c1-8(2)5-10-4-3-9(8)6(13)11-7(14)12-9/h10H,3-5H2,1-2H3,(H2,11,12,13,14)/t9-/m1/s1. The first-order valence-electron chi connectivity index (χ1n) is 4.82. The smallest absolute Gasteiger partial charge is 0.322 e. The molecule has 0 unspecified atom stereocenters. The van der Waals surface area contributed by atoms with Gasteiger partial charge in [0, 0.05) is 12.0 Å². The van der Waals surface area contributed by atoms with Gasteiger partial charge >= 0.3 is 6.03 Å². The number of nitrogens with one attached hydrogen (secondary N) is 3. The highest BCUT2D eigenvalue weighted by Gasteiger charge is 2.57. The molecule has 3 amide bonds. The minimum Gasteiger partial charge on any atom is -0.323 e. The lowest BCUT2D eigenvalue weighted by molar-refractivity contribution is -0.129. The molecule has 2 heterocycles. The third-order valence-corrected chi connectivity index (χ3v) is 3.34. The fourth-order valence-corrected chi connectivity index (χ4v) is 2.31. The minimum atomic E-state index is -0.713. The van der Waals surface area contributed by atoms with Crippen LogP contribution in [0.3, 0.4) is 0 Å². The van der Waals surface area contributed by atoms with Gasteiger partial charge in [0.25, 0.3) is 5.91 Å². The molecule has 0 bridgehead atoms. The molecule has 1 atom stereocenters. The molecule has 0 saturated carbocycles. The third-order valence-electron chi connectivity index (χ3n) is 3.34. The molecule has 2 rings (SSSR count). The quantitative estimate of drug-likeness (QED) is 0.462. The van der Waals surface area contributed by atoms with Gasteiger partial charge in [-0.1, -0.05) is 13.8 Å². The molecule has 0 aromatic rings. The van der Waals surface area contributed by atoms with Gasteiger partial charge in [-0.15, -0.1) is 0 Å². The lowest BCUT2D eigenvalue weighted by atomic mass is 9.68. The van der Waals surface area contributed by atoms with E-state index in [0.717, 1.165) is 13.1 Å². The number of carbonyl (C=O) groups is 2. The maximum atomic E-state index is 11.8. The molecule has 78 valence electrons. The van der Waals surface area contributed by atoms with E-state index in [4.69, 9.17) is 0 Å². The summed E-state index contributed by atoms with van der Waals surface area (Å²) in [5, 5.41) is 8.32. The monoisotopic (exact) mass is 197 g/mol. The van der Waals surface area contributed by atoms with E-state index in [1.807, 2.05) is 13.8 Å². The molecular weight excluding hydrogens is 182 g/mol. The van der Waals surface area contributed by atoms with Crippen molar-refractivity contribution in [2.75, 3.05) is 13.1 Å². The number of hydrogen-bond acceptors (Lipinski definition) is 3. The highest BCUT2D eigenvalue weighted by Crippen LogP contribution is 2.37. The van der Waals surface area contributed by atoms with Gasteiger partial charge in [-0.3, -0.25) is 10.1 Å². The van der Waals surface area contributed by atoms with Crippen molar-refractivity contribution >= 4 is 11.9 Å². The van der Waals surface area contributed by atoms with Crippen LogP contribution in [-0.2, 0) is 4.79 Å². The van der Waals surface area contributed by atoms with Crippen LogP contribution in [0.15, 0.2) is 0 Å². The van der Waals surface area contributed by atoms with Gasteiger partial charge < -0.3 is 10.6 Å². The Morgan fingerprint density at radius 2 is 2.00 bits per heavy atom. The molecule has 0 aromatic carbocycles. The van der Waals surface area contributed by atoms with Crippen molar-refractivity contribution in [3.05, 3.63) is 0 Å². The van der Waals surface area contributed by atoms with Crippen LogP contribution in [0.2, 0.25) is 0 Å². The summed E-state index contributed by atoms with van der Waals surface area (Å²) in [7, 11) is 0. The number of urea groups is 1. The fourth-order valence-electron chi connectivity index (χ4n) is 2.31. The average molecular weight is 197 g/mol. The Labute approximate surface area is 82.6 Å². The summed E-state index contributed by atoms with van der Waals surface area (Å²) in [5.41, 5.74) is -0.961. The number of hydrogen-bond donors (Lipinski definition) is 3. The molecular formula is C9H15N3O2. The van der Waals surface area contributed by atoms with E-state index >= 15 is 0 Å². The van der Waals surface area contributed by atoms with Gasteiger partial charge in [0.2, 0.25) is 0 Å². The van der Waals surface area contributed by atoms with Gasteiger partial charge in [-0.25, -0.2) is 4.79 Å². The normalized spacial score (nSPS) is 35.6. The third kappa shape index (κ3) is 1.05. The molecule has 3 N–H and O–H groups in total. The van der Waals surface area contributed by atoms with Gasteiger partial charge in [0.05, 0.1) is 0 Å². The molecule has 1 spiro atoms. The zero-order valence-corrected chi connectivity index (χ0v) is 8.44. The van der Waals surface area contributed by atoms with Crippen molar-refractivity contribution in [3.63, 3.8) is 0 Å². The Morgan fingerprint density at radius 3 is 2.50 bits per heavy atom. The minimum absolute atomic E-state index is 0.186. The summed E-state index contributed by atoms with van der Waals surface area (Å²) < 4.78 is 0. The van der Waals surface area contributed by atoms with Gasteiger partial charge in [0.15, 0.2) is 0 Å². The van der Waals surface area contributed by atoms with Crippen LogP contribution in [0.25, 0.3) is 0 Å². The number of piperidine rings is 1. The van der Waals surface area contributed by atoms with E-state index in [9.17, 15) is 9.59 Å². The van der Waals surface area contributed by atoms with Gasteiger partial charge in [-0.2, -0.15) is 0 Å². The zero-order chi connectivity index (χ0) is 10.4. The Hall–Kier alpha value is -1.10. The van der Waals surface area contributed by atoms with Crippen LogP contribution in [-0.4, -0.2) is 30.6 Å². The van der Waals surface area contributed by atoms with Crippen LogP contribution in [0.4, 0.5) is 4.79 Å². The molecule has 2 saturated heterocycles. The number of amides is 3. The summed E-state index contributed by atoms with van der Waals surface area (Å²) in [5.74, 6) is -0.186. The molecule has 0 aliphatic carbocycles. The van der Waals surface area contributed by atoms with Crippen molar-refractivity contribution in [1.82, 2.24) is 16.0 Å². The first-order chi connectivity index (χ1) is 6.48. The molecule has 5 nitrogen and oxygen atoms in total. The molecule has 14 heavy (non-hydrogen) atoms. The van der Waals surface area contributed by atoms with E-state index in [-0.39, 0.29) is 17.4 Å². The summed E-state index contributed by atoms with van der Waals surface area (Å²) in [4.78, 5) is 22.9. The second kappa shape index (κ2) is 2.70. The Morgan fingerprint density at radius 1 is 1.29 bits per heavy atom. The van der Waals surface area contributed by atoms with Crippen molar-refractivity contribution in [2.24, 2.45) is 5.41 Å². The summed E-state index contributed by atoms with van der Waals surface area (Å²) in [6, 6.07) is -0.370. The van der Waals surface area contributed by atoms with Crippen LogP contribution in [0.5, 0.6) is 0 Å². The van der Waals surface area contributed by atoms with Crippen LogP contribution in [0.1, 0.15) is 20.3 Å². The van der Waals surface area contributed by atoms with Gasteiger partial charge in [0.1, 0.15) is 5.54 Å². The Kier molecular flexibility index (Phi) is 1.82.